The van der Waals surface area contributed by atoms with E-state index in [0.29, 0.717) is 25.2 Å². The standard InChI is InChI=1S/C12H18N4O3/c1-7(2)8-13-9(15-14-8)10(17)16-6-4-5-12(16,3)11(18)19/h7H,4-6H2,1-3H3,(H,18,19)(H,13,14,15). The number of likely N-dealkylation sites (tertiary alicyclic amines) is 1. The smallest absolute Gasteiger partial charge is 0.329 e. The highest BCUT2D eigenvalue weighted by Crippen LogP contribution is 2.30. The van der Waals surface area contributed by atoms with Crippen molar-refractivity contribution in [1.82, 2.24) is 20.1 Å². The molecule has 104 valence electrons. The van der Waals surface area contributed by atoms with Crippen LogP contribution in [0.2, 0.25) is 0 Å². The molecule has 1 aliphatic rings. The van der Waals surface area contributed by atoms with Gasteiger partial charge in [-0.3, -0.25) is 9.89 Å². The van der Waals surface area contributed by atoms with Crippen LogP contribution in [-0.4, -0.2) is 49.1 Å². The molecule has 0 saturated carbocycles. The first kappa shape index (κ1) is 13.5. The lowest BCUT2D eigenvalue weighted by molar-refractivity contribution is -0.147. The van der Waals surface area contributed by atoms with Gasteiger partial charge in [-0.15, -0.1) is 5.10 Å². The summed E-state index contributed by atoms with van der Waals surface area (Å²) in [7, 11) is 0. The van der Waals surface area contributed by atoms with Gasteiger partial charge in [-0.1, -0.05) is 13.8 Å². The summed E-state index contributed by atoms with van der Waals surface area (Å²) in [6.45, 7) is 5.86. The topological polar surface area (TPSA) is 99.2 Å². The van der Waals surface area contributed by atoms with Crippen LogP contribution in [-0.2, 0) is 4.79 Å². The van der Waals surface area contributed by atoms with Gasteiger partial charge in [-0.2, -0.15) is 0 Å². The molecule has 1 fully saturated rings. The highest BCUT2D eigenvalue weighted by molar-refractivity contribution is 5.95. The second-order valence-electron chi connectivity index (χ2n) is 5.34. The Morgan fingerprint density at radius 2 is 2.16 bits per heavy atom. The number of nitrogens with one attached hydrogen (secondary N) is 1. The number of H-pyrrole nitrogens is 1. The van der Waals surface area contributed by atoms with Crippen LogP contribution in [0.15, 0.2) is 0 Å². The first-order chi connectivity index (χ1) is 8.86. The summed E-state index contributed by atoms with van der Waals surface area (Å²) < 4.78 is 0. The van der Waals surface area contributed by atoms with E-state index in [4.69, 9.17) is 0 Å². The number of carboxylic acids is 1. The Labute approximate surface area is 111 Å². The molecule has 7 heteroatoms. The van der Waals surface area contributed by atoms with Crippen LogP contribution >= 0.6 is 0 Å². The fraction of sp³-hybridized carbons (Fsp3) is 0.667. The monoisotopic (exact) mass is 266 g/mol. The summed E-state index contributed by atoms with van der Waals surface area (Å²) in [5, 5.41) is 15.9. The normalized spacial score (nSPS) is 23.1. The van der Waals surface area contributed by atoms with Crippen molar-refractivity contribution in [3.8, 4) is 0 Å². The molecular formula is C12H18N4O3. The van der Waals surface area contributed by atoms with Gasteiger partial charge in [0.05, 0.1) is 0 Å². The molecule has 1 unspecified atom stereocenters. The first-order valence-corrected chi connectivity index (χ1v) is 6.34. The molecule has 1 aromatic rings. The fourth-order valence-corrected chi connectivity index (χ4v) is 2.26. The first-order valence-electron chi connectivity index (χ1n) is 6.34. The minimum absolute atomic E-state index is 0.0399. The summed E-state index contributed by atoms with van der Waals surface area (Å²) in [6.07, 6.45) is 1.13. The number of rotatable bonds is 3. The summed E-state index contributed by atoms with van der Waals surface area (Å²) in [6, 6.07) is 0. The quantitative estimate of drug-likeness (QED) is 0.850. The number of hydrogen-bond donors (Lipinski definition) is 2. The Balaban J connectivity index is 2.25. The van der Waals surface area contributed by atoms with Gasteiger partial charge in [-0.05, 0) is 19.8 Å². The minimum Gasteiger partial charge on any atom is -0.480 e. The predicted molar refractivity (Wildman–Crippen MR) is 66.8 cm³/mol. The highest BCUT2D eigenvalue weighted by Gasteiger charge is 2.46. The summed E-state index contributed by atoms with van der Waals surface area (Å²) in [4.78, 5) is 29.1. The largest absolute Gasteiger partial charge is 0.480 e. The van der Waals surface area contributed by atoms with Crippen LogP contribution in [0, 0.1) is 0 Å². The van der Waals surface area contributed by atoms with Crippen LogP contribution < -0.4 is 0 Å². The SMILES string of the molecule is CC(C)c1nc(C(=O)N2CCCC2(C)C(=O)O)n[nH]1. The van der Waals surface area contributed by atoms with E-state index >= 15 is 0 Å². The van der Waals surface area contributed by atoms with E-state index in [0.717, 1.165) is 0 Å². The number of aliphatic carboxylic acids is 1. The Morgan fingerprint density at radius 1 is 1.47 bits per heavy atom. The lowest BCUT2D eigenvalue weighted by Crippen LogP contribution is -2.51. The minimum atomic E-state index is -1.16. The number of amides is 1. The lowest BCUT2D eigenvalue weighted by Gasteiger charge is -2.30. The average Bonchev–Trinajstić information content (AvgIpc) is 2.95. The van der Waals surface area contributed by atoms with Gasteiger partial charge in [0.1, 0.15) is 11.4 Å². The van der Waals surface area contributed by atoms with Crippen LogP contribution in [0.3, 0.4) is 0 Å². The second kappa shape index (κ2) is 4.64. The van der Waals surface area contributed by atoms with E-state index in [1.807, 2.05) is 13.8 Å². The number of hydrogen-bond acceptors (Lipinski definition) is 4. The van der Waals surface area contributed by atoms with Crippen molar-refractivity contribution in [2.75, 3.05) is 6.54 Å². The Hall–Kier alpha value is -1.92. The molecule has 0 radical (unpaired) electrons. The summed E-state index contributed by atoms with van der Waals surface area (Å²) in [5.41, 5.74) is -1.16. The number of aromatic amines is 1. The van der Waals surface area contributed by atoms with Crippen molar-refractivity contribution in [1.29, 1.82) is 0 Å². The van der Waals surface area contributed by atoms with Gasteiger partial charge in [0.2, 0.25) is 5.82 Å². The van der Waals surface area contributed by atoms with E-state index in [1.165, 1.54) is 4.90 Å². The zero-order valence-corrected chi connectivity index (χ0v) is 11.3. The van der Waals surface area contributed by atoms with E-state index in [2.05, 4.69) is 15.2 Å². The van der Waals surface area contributed by atoms with E-state index in [1.54, 1.807) is 6.92 Å². The molecule has 2 heterocycles. The molecule has 1 atom stereocenters. The molecule has 2 rings (SSSR count). The average molecular weight is 266 g/mol. The van der Waals surface area contributed by atoms with Gasteiger partial charge in [0, 0.05) is 12.5 Å². The van der Waals surface area contributed by atoms with Crippen molar-refractivity contribution in [2.45, 2.75) is 45.1 Å². The maximum Gasteiger partial charge on any atom is 0.329 e. The molecule has 0 aliphatic carbocycles. The molecule has 1 aliphatic heterocycles. The summed E-state index contributed by atoms with van der Waals surface area (Å²) >= 11 is 0. The zero-order chi connectivity index (χ0) is 14.2. The predicted octanol–water partition coefficient (Wildman–Crippen LogP) is 1.01. The lowest BCUT2D eigenvalue weighted by atomic mass is 9.99. The maximum absolute atomic E-state index is 12.3. The van der Waals surface area contributed by atoms with Gasteiger partial charge < -0.3 is 10.0 Å². The van der Waals surface area contributed by atoms with Gasteiger partial charge in [-0.25, -0.2) is 9.78 Å². The third-order valence-corrected chi connectivity index (χ3v) is 3.59. The Morgan fingerprint density at radius 3 is 2.68 bits per heavy atom. The van der Waals surface area contributed by atoms with Crippen LogP contribution in [0.4, 0.5) is 0 Å². The van der Waals surface area contributed by atoms with Crippen LogP contribution in [0.1, 0.15) is 56.0 Å². The van der Waals surface area contributed by atoms with Gasteiger partial charge in [0.15, 0.2) is 0 Å². The number of carbonyl (C=O) groups is 2. The third kappa shape index (κ3) is 2.20. The Bertz CT molecular complexity index is 511. The number of carbonyl (C=O) groups excluding carboxylic acids is 1. The van der Waals surface area contributed by atoms with Crippen molar-refractivity contribution in [3.05, 3.63) is 11.6 Å². The van der Waals surface area contributed by atoms with Crippen molar-refractivity contribution in [2.24, 2.45) is 0 Å². The number of aromatic nitrogens is 3. The maximum atomic E-state index is 12.3. The molecule has 1 aromatic heterocycles. The van der Waals surface area contributed by atoms with Crippen molar-refractivity contribution < 1.29 is 14.7 Å². The van der Waals surface area contributed by atoms with E-state index in [9.17, 15) is 14.7 Å². The van der Waals surface area contributed by atoms with E-state index in [-0.39, 0.29) is 11.7 Å². The van der Waals surface area contributed by atoms with Gasteiger partial charge >= 0.3 is 5.97 Å². The van der Waals surface area contributed by atoms with Crippen molar-refractivity contribution in [3.63, 3.8) is 0 Å². The Kier molecular flexibility index (Phi) is 3.30. The highest BCUT2D eigenvalue weighted by atomic mass is 16.4. The summed E-state index contributed by atoms with van der Waals surface area (Å²) in [5.74, 6) is -0.611. The fourth-order valence-electron chi connectivity index (χ4n) is 2.26. The number of carboxylic acid groups (broad SMARTS) is 1. The number of nitrogens with zero attached hydrogens (tertiary/aromatic N) is 3. The van der Waals surface area contributed by atoms with Crippen LogP contribution in [0.25, 0.3) is 0 Å². The molecule has 19 heavy (non-hydrogen) atoms. The van der Waals surface area contributed by atoms with E-state index < -0.39 is 17.4 Å². The molecule has 0 bridgehead atoms. The molecule has 0 aromatic carbocycles. The van der Waals surface area contributed by atoms with Crippen LogP contribution in [0.5, 0.6) is 0 Å². The van der Waals surface area contributed by atoms with Gasteiger partial charge in [0.25, 0.3) is 5.91 Å². The zero-order valence-electron chi connectivity index (χ0n) is 11.3. The van der Waals surface area contributed by atoms with Crippen molar-refractivity contribution >= 4 is 11.9 Å². The molecule has 2 N–H and O–H groups in total. The third-order valence-electron chi connectivity index (χ3n) is 3.59. The molecule has 7 nitrogen and oxygen atoms in total. The second-order valence-corrected chi connectivity index (χ2v) is 5.34. The molecule has 1 saturated heterocycles. The molecule has 0 spiro atoms. The molecule has 1 amide bonds. The molecular weight excluding hydrogens is 248 g/mol.